The molecule has 1 rings (SSSR count). The molecule has 7 heteroatoms. The highest BCUT2D eigenvalue weighted by atomic mass is 16.6. The number of carbonyl (C=O) groups is 2. The maximum absolute atomic E-state index is 12.3. The number of nitro groups is 1. The van der Waals surface area contributed by atoms with Gasteiger partial charge in [0.15, 0.2) is 0 Å². The molecule has 0 spiro atoms. The van der Waals surface area contributed by atoms with E-state index in [0.29, 0.717) is 12.0 Å². The fourth-order valence-corrected chi connectivity index (χ4v) is 1.97. The number of carboxylic acids is 1. The number of aliphatic carboxylic acids is 1. The molecule has 0 unspecified atom stereocenters. The number of rotatable bonds is 6. The van der Waals surface area contributed by atoms with E-state index in [-0.39, 0.29) is 17.3 Å². The zero-order valence-electron chi connectivity index (χ0n) is 12.2. The first kappa shape index (κ1) is 16.6. The maximum Gasteiger partial charge on any atom is 0.323 e. The van der Waals surface area contributed by atoms with Crippen LogP contribution in [0.25, 0.3) is 0 Å². The molecule has 7 nitrogen and oxygen atoms in total. The van der Waals surface area contributed by atoms with Crippen molar-refractivity contribution >= 4 is 17.6 Å². The van der Waals surface area contributed by atoms with Gasteiger partial charge >= 0.3 is 5.97 Å². The first-order valence-corrected chi connectivity index (χ1v) is 6.58. The van der Waals surface area contributed by atoms with Crippen LogP contribution in [0.4, 0.5) is 5.69 Å². The molecule has 1 aromatic carbocycles. The standard InChI is InChI=1S/C14H18N2O5/c1-4-10-5-6-11(7-12(10)16(20)21)14(19)15(9(2)3)8-13(17)18/h5-7,9H,4,8H2,1-3H3,(H,17,18). The van der Waals surface area contributed by atoms with Gasteiger partial charge < -0.3 is 10.0 Å². The quantitative estimate of drug-likeness (QED) is 0.639. The van der Waals surface area contributed by atoms with E-state index in [9.17, 15) is 19.7 Å². The molecule has 0 aliphatic carbocycles. The molecule has 0 aliphatic heterocycles. The summed E-state index contributed by atoms with van der Waals surface area (Å²) in [6.07, 6.45) is 0.480. The van der Waals surface area contributed by atoms with Gasteiger partial charge in [-0.15, -0.1) is 0 Å². The Labute approximate surface area is 122 Å². The fourth-order valence-electron chi connectivity index (χ4n) is 1.97. The Morgan fingerprint density at radius 1 is 1.38 bits per heavy atom. The summed E-state index contributed by atoms with van der Waals surface area (Å²) in [4.78, 5) is 34.8. The third-order valence-corrected chi connectivity index (χ3v) is 3.10. The van der Waals surface area contributed by atoms with Crippen LogP contribution in [0.15, 0.2) is 18.2 Å². The van der Waals surface area contributed by atoms with Gasteiger partial charge in [0, 0.05) is 23.2 Å². The van der Waals surface area contributed by atoms with Crippen molar-refractivity contribution in [1.82, 2.24) is 4.90 Å². The molecule has 1 amide bonds. The second-order valence-corrected chi connectivity index (χ2v) is 4.87. The summed E-state index contributed by atoms with van der Waals surface area (Å²) in [5, 5.41) is 19.9. The molecule has 0 bridgehead atoms. The van der Waals surface area contributed by atoms with E-state index in [2.05, 4.69) is 0 Å². The van der Waals surface area contributed by atoms with Gasteiger partial charge in [-0.3, -0.25) is 19.7 Å². The second kappa shape index (κ2) is 6.83. The summed E-state index contributed by atoms with van der Waals surface area (Å²) in [6, 6.07) is 3.91. The van der Waals surface area contributed by atoms with Crippen LogP contribution in [-0.4, -0.2) is 39.4 Å². The molecule has 0 fully saturated rings. The Morgan fingerprint density at radius 3 is 2.43 bits per heavy atom. The molecule has 0 saturated heterocycles. The van der Waals surface area contributed by atoms with E-state index in [0.717, 1.165) is 4.90 Å². The molecule has 0 atom stereocenters. The van der Waals surface area contributed by atoms with E-state index in [1.807, 2.05) is 0 Å². The molecule has 0 aliphatic rings. The Morgan fingerprint density at radius 2 is 2.00 bits per heavy atom. The van der Waals surface area contributed by atoms with Crippen LogP contribution in [0.1, 0.15) is 36.7 Å². The highest BCUT2D eigenvalue weighted by molar-refractivity contribution is 5.96. The summed E-state index contributed by atoms with van der Waals surface area (Å²) in [6.45, 7) is 4.72. The molecule has 0 saturated carbocycles. The van der Waals surface area contributed by atoms with Gasteiger partial charge in [0.25, 0.3) is 11.6 Å². The van der Waals surface area contributed by atoms with E-state index < -0.39 is 23.3 Å². The summed E-state index contributed by atoms with van der Waals surface area (Å²) >= 11 is 0. The largest absolute Gasteiger partial charge is 0.480 e. The molecular weight excluding hydrogens is 276 g/mol. The monoisotopic (exact) mass is 294 g/mol. The molecule has 1 aromatic rings. The molecule has 1 N–H and O–H groups in total. The van der Waals surface area contributed by atoms with Crippen LogP contribution in [-0.2, 0) is 11.2 Å². The lowest BCUT2D eigenvalue weighted by molar-refractivity contribution is -0.385. The summed E-state index contributed by atoms with van der Waals surface area (Å²) in [5.41, 5.74) is 0.530. The number of nitrogens with zero attached hydrogens (tertiary/aromatic N) is 2. The van der Waals surface area contributed by atoms with Crippen LogP contribution in [0.5, 0.6) is 0 Å². The van der Waals surface area contributed by atoms with Crippen LogP contribution in [0.3, 0.4) is 0 Å². The first-order valence-electron chi connectivity index (χ1n) is 6.58. The van der Waals surface area contributed by atoms with Crippen molar-refractivity contribution in [1.29, 1.82) is 0 Å². The van der Waals surface area contributed by atoms with Crippen molar-refractivity contribution in [3.8, 4) is 0 Å². The minimum atomic E-state index is -1.13. The van der Waals surface area contributed by atoms with Crippen molar-refractivity contribution in [3.05, 3.63) is 39.4 Å². The Balaban J connectivity index is 3.19. The number of amides is 1. The van der Waals surface area contributed by atoms with Crippen molar-refractivity contribution in [2.45, 2.75) is 33.2 Å². The molecule has 21 heavy (non-hydrogen) atoms. The lowest BCUT2D eigenvalue weighted by atomic mass is 10.1. The summed E-state index contributed by atoms with van der Waals surface area (Å²) in [5.74, 6) is -1.66. The minimum Gasteiger partial charge on any atom is -0.480 e. The van der Waals surface area contributed by atoms with Gasteiger partial charge in [-0.05, 0) is 26.3 Å². The Kier molecular flexibility index (Phi) is 5.40. The third-order valence-electron chi connectivity index (χ3n) is 3.10. The summed E-state index contributed by atoms with van der Waals surface area (Å²) in [7, 11) is 0. The number of benzene rings is 1. The van der Waals surface area contributed by atoms with Gasteiger partial charge in [-0.25, -0.2) is 0 Å². The fraction of sp³-hybridized carbons (Fsp3) is 0.429. The predicted molar refractivity (Wildman–Crippen MR) is 76.3 cm³/mol. The average molecular weight is 294 g/mol. The Bertz CT molecular complexity index is 568. The van der Waals surface area contributed by atoms with Crippen LogP contribution < -0.4 is 0 Å². The predicted octanol–water partition coefficient (Wildman–Crippen LogP) is 2.09. The number of carbonyl (C=O) groups excluding carboxylic acids is 1. The lowest BCUT2D eigenvalue weighted by Gasteiger charge is -2.24. The van der Waals surface area contributed by atoms with Gasteiger partial charge in [0.2, 0.25) is 0 Å². The van der Waals surface area contributed by atoms with Crippen LogP contribution >= 0.6 is 0 Å². The maximum atomic E-state index is 12.3. The van der Waals surface area contributed by atoms with Gasteiger partial charge in [0.1, 0.15) is 6.54 Å². The van der Waals surface area contributed by atoms with E-state index in [4.69, 9.17) is 5.11 Å². The smallest absolute Gasteiger partial charge is 0.323 e. The second-order valence-electron chi connectivity index (χ2n) is 4.87. The molecule has 0 radical (unpaired) electrons. The average Bonchev–Trinajstić information content (AvgIpc) is 2.42. The SMILES string of the molecule is CCc1ccc(C(=O)N(CC(=O)O)C(C)C)cc1[N+](=O)[O-]. The highest BCUT2D eigenvalue weighted by Gasteiger charge is 2.24. The molecule has 0 heterocycles. The molecule has 0 aromatic heterocycles. The van der Waals surface area contributed by atoms with Crippen LogP contribution in [0.2, 0.25) is 0 Å². The third kappa shape index (κ3) is 4.01. The van der Waals surface area contributed by atoms with E-state index in [1.165, 1.54) is 18.2 Å². The van der Waals surface area contributed by atoms with Crippen molar-refractivity contribution in [2.75, 3.05) is 6.54 Å². The van der Waals surface area contributed by atoms with E-state index in [1.54, 1.807) is 20.8 Å². The van der Waals surface area contributed by atoms with Gasteiger partial charge in [0.05, 0.1) is 4.92 Å². The zero-order chi connectivity index (χ0) is 16.2. The van der Waals surface area contributed by atoms with Crippen molar-refractivity contribution < 1.29 is 19.6 Å². The first-order chi connectivity index (χ1) is 9.77. The Hall–Kier alpha value is -2.44. The molecule has 114 valence electrons. The van der Waals surface area contributed by atoms with Gasteiger partial charge in [-0.2, -0.15) is 0 Å². The number of hydrogen-bond donors (Lipinski definition) is 1. The van der Waals surface area contributed by atoms with E-state index >= 15 is 0 Å². The zero-order valence-corrected chi connectivity index (χ0v) is 12.2. The number of aryl methyl sites for hydroxylation is 1. The topological polar surface area (TPSA) is 101 Å². The number of nitro benzene ring substituents is 1. The normalized spacial score (nSPS) is 10.5. The van der Waals surface area contributed by atoms with Crippen molar-refractivity contribution in [3.63, 3.8) is 0 Å². The molecular formula is C14H18N2O5. The van der Waals surface area contributed by atoms with Gasteiger partial charge in [-0.1, -0.05) is 13.0 Å². The van der Waals surface area contributed by atoms with Crippen molar-refractivity contribution in [2.24, 2.45) is 0 Å². The lowest BCUT2D eigenvalue weighted by Crippen LogP contribution is -2.40. The number of carboxylic acid groups (broad SMARTS) is 1. The highest BCUT2D eigenvalue weighted by Crippen LogP contribution is 2.22. The minimum absolute atomic E-state index is 0.119. The summed E-state index contributed by atoms with van der Waals surface area (Å²) < 4.78 is 0. The van der Waals surface area contributed by atoms with Crippen LogP contribution in [0, 0.1) is 10.1 Å². The number of hydrogen-bond acceptors (Lipinski definition) is 4.